The number of anilines is 1. The smallest absolute Gasteiger partial charge is 0.250 e. The third kappa shape index (κ3) is 4.23. The zero-order chi connectivity index (χ0) is 19.6. The van der Waals surface area contributed by atoms with Crippen LogP contribution in [0.15, 0.2) is 18.2 Å². The number of aliphatic hydroxyl groups excluding tert-OH is 1. The molecule has 2 heterocycles. The SMILES string of the molecule is COCC(=O)Nc1ccc2c(c1)[C@@H]1C[C@@H](CC(=O)N(C)C)O[C@H](CO)[C@@H]1O2. The molecule has 1 fully saturated rings. The fourth-order valence-electron chi connectivity index (χ4n) is 3.67. The summed E-state index contributed by atoms with van der Waals surface area (Å²) < 4.78 is 16.8. The van der Waals surface area contributed by atoms with Crippen molar-refractivity contribution >= 4 is 17.5 Å². The van der Waals surface area contributed by atoms with Crippen molar-refractivity contribution in [3.8, 4) is 5.75 Å². The van der Waals surface area contributed by atoms with Gasteiger partial charge in [-0.3, -0.25) is 9.59 Å². The standard InChI is InChI=1S/C19H26N2O6/c1-21(2)18(24)8-12-7-14-13-6-11(20-17(23)10-25-3)4-5-15(13)27-19(14)16(9-22)26-12/h4-6,12,14,16,19,22H,7-10H2,1-3H3,(H,20,23)/t12-,14-,16+,19+/m0/s1. The number of rotatable bonds is 6. The van der Waals surface area contributed by atoms with Gasteiger partial charge in [0.25, 0.3) is 0 Å². The van der Waals surface area contributed by atoms with Crippen molar-refractivity contribution in [3.05, 3.63) is 23.8 Å². The van der Waals surface area contributed by atoms with E-state index in [1.807, 2.05) is 12.1 Å². The Hall–Kier alpha value is -2.16. The average Bonchev–Trinajstić information content (AvgIpc) is 2.99. The summed E-state index contributed by atoms with van der Waals surface area (Å²) in [6.45, 7) is -0.200. The first-order chi connectivity index (χ1) is 12.9. The van der Waals surface area contributed by atoms with Crippen LogP contribution in [-0.2, 0) is 19.1 Å². The van der Waals surface area contributed by atoms with E-state index in [4.69, 9.17) is 14.2 Å². The van der Waals surface area contributed by atoms with Crippen molar-refractivity contribution in [2.75, 3.05) is 39.7 Å². The van der Waals surface area contributed by atoms with E-state index in [1.165, 1.54) is 12.0 Å². The van der Waals surface area contributed by atoms with Gasteiger partial charge in [0, 0.05) is 38.4 Å². The fraction of sp³-hybridized carbons (Fsp3) is 0.579. The molecule has 0 unspecified atom stereocenters. The Labute approximate surface area is 158 Å². The number of fused-ring (bicyclic) bond motifs is 3. The Bertz CT molecular complexity index is 707. The van der Waals surface area contributed by atoms with Crippen LogP contribution in [0.25, 0.3) is 0 Å². The molecule has 2 amide bonds. The van der Waals surface area contributed by atoms with Crippen LogP contribution < -0.4 is 10.1 Å². The van der Waals surface area contributed by atoms with E-state index < -0.39 is 6.10 Å². The molecule has 27 heavy (non-hydrogen) atoms. The summed E-state index contributed by atoms with van der Waals surface area (Å²) in [7, 11) is 4.88. The molecule has 0 aromatic heterocycles. The van der Waals surface area contributed by atoms with Gasteiger partial charge in [0.05, 0.1) is 19.1 Å². The lowest BCUT2D eigenvalue weighted by Crippen LogP contribution is -2.47. The molecule has 8 heteroatoms. The molecule has 1 saturated heterocycles. The molecule has 1 aromatic rings. The Morgan fingerprint density at radius 1 is 1.37 bits per heavy atom. The first-order valence-electron chi connectivity index (χ1n) is 8.98. The number of carbonyl (C=O) groups is 2. The van der Waals surface area contributed by atoms with Gasteiger partial charge in [0.1, 0.15) is 24.6 Å². The summed E-state index contributed by atoms with van der Waals surface area (Å²) >= 11 is 0. The number of ether oxygens (including phenoxy) is 3. The number of carbonyl (C=O) groups excluding carboxylic acids is 2. The van der Waals surface area contributed by atoms with Crippen molar-refractivity contribution < 1.29 is 28.9 Å². The number of hydrogen-bond donors (Lipinski definition) is 2. The van der Waals surface area contributed by atoms with Crippen LogP contribution in [0.2, 0.25) is 0 Å². The van der Waals surface area contributed by atoms with E-state index in [-0.39, 0.29) is 49.6 Å². The number of benzene rings is 1. The van der Waals surface area contributed by atoms with Crippen LogP contribution in [0.3, 0.4) is 0 Å². The van der Waals surface area contributed by atoms with E-state index in [2.05, 4.69) is 5.32 Å². The van der Waals surface area contributed by atoms with Crippen LogP contribution in [0.1, 0.15) is 24.3 Å². The largest absolute Gasteiger partial charge is 0.487 e. The summed E-state index contributed by atoms with van der Waals surface area (Å²) in [5.74, 6) is 0.457. The molecule has 3 rings (SSSR count). The summed E-state index contributed by atoms with van der Waals surface area (Å²) in [5.41, 5.74) is 1.62. The molecule has 0 spiro atoms. The molecule has 2 aliphatic rings. The van der Waals surface area contributed by atoms with Crippen LogP contribution in [-0.4, -0.2) is 74.6 Å². The Kier molecular flexibility index (Phi) is 5.98. The van der Waals surface area contributed by atoms with Crippen molar-refractivity contribution in [2.45, 2.75) is 37.1 Å². The van der Waals surface area contributed by atoms with Gasteiger partial charge in [0.2, 0.25) is 11.8 Å². The minimum Gasteiger partial charge on any atom is -0.487 e. The number of nitrogens with zero attached hydrogens (tertiary/aromatic N) is 1. The van der Waals surface area contributed by atoms with Gasteiger partial charge in [-0.15, -0.1) is 0 Å². The van der Waals surface area contributed by atoms with Crippen LogP contribution in [0.5, 0.6) is 5.75 Å². The second-order valence-electron chi connectivity index (χ2n) is 7.13. The van der Waals surface area contributed by atoms with Crippen LogP contribution in [0.4, 0.5) is 5.69 Å². The second-order valence-corrected chi connectivity index (χ2v) is 7.13. The van der Waals surface area contributed by atoms with Gasteiger partial charge in [-0.1, -0.05) is 0 Å². The lowest BCUT2D eigenvalue weighted by molar-refractivity contribution is -0.147. The maximum atomic E-state index is 12.1. The van der Waals surface area contributed by atoms with Crippen molar-refractivity contribution in [2.24, 2.45) is 0 Å². The third-order valence-electron chi connectivity index (χ3n) is 4.96. The van der Waals surface area contributed by atoms with Crippen molar-refractivity contribution in [1.29, 1.82) is 0 Å². The Morgan fingerprint density at radius 2 is 2.15 bits per heavy atom. The topological polar surface area (TPSA) is 97.3 Å². The minimum atomic E-state index is -0.498. The van der Waals surface area contributed by atoms with Gasteiger partial charge in [-0.25, -0.2) is 0 Å². The Balaban J connectivity index is 1.79. The highest BCUT2D eigenvalue weighted by Gasteiger charge is 2.46. The van der Waals surface area contributed by atoms with Gasteiger partial charge in [-0.2, -0.15) is 0 Å². The van der Waals surface area contributed by atoms with Gasteiger partial charge >= 0.3 is 0 Å². The fourth-order valence-corrected chi connectivity index (χ4v) is 3.67. The Morgan fingerprint density at radius 3 is 2.81 bits per heavy atom. The van der Waals surface area contributed by atoms with Crippen LogP contribution in [0, 0.1) is 0 Å². The van der Waals surface area contributed by atoms with E-state index in [0.717, 1.165) is 11.3 Å². The molecular formula is C19H26N2O6. The molecule has 0 radical (unpaired) electrons. The monoisotopic (exact) mass is 378 g/mol. The number of nitrogens with one attached hydrogen (secondary N) is 1. The number of methoxy groups -OCH3 is 1. The van der Waals surface area contributed by atoms with Crippen LogP contribution >= 0.6 is 0 Å². The lowest BCUT2D eigenvalue weighted by atomic mass is 9.84. The highest BCUT2D eigenvalue weighted by Crippen LogP contribution is 2.47. The van der Waals surface area contributed by atoms with Gasteiger partial charge in [0.15, 0.2) is 0 Å². The molecule has 4 atom stereocenters. The van der Waals surface area contributed by atoms with Gasteiger partial charge in [-0.05, 0) is 24.6 Å². The zero-order valence-electron chi connectivity index (χ0n) is 15.8. The molecule has 1 aromatic carbocycles. The van der Waals surface area contributed by atoms with E-state index >= 15 is 0 Å². The molecule has 148 valence electrons. The molecule has 0 aliphatic carbocycles. The van der Waals surface area contributed by atoms with E-state index in [9.17, 15) is 14.7 Å². The van der Waals surface area contributed by atoms with E-state index in [0.29, 0.717) is 12.1 Å². The maximum Gasteiger partial charge on any atom is 0.250 e. The summed E-state index contributed by atoms with van der Waals surface area (Å²) in [6.07, 6.45) is -0.224. The molecule has 0 saturated carbocycles. The van der Waals surface area contributed by atoms with Crippen molar-refractivity contribution in [3.63, 3.8) is 0 Å². The highest BCUT2D eigenvalue weighted by atomic mass is 16.6. The third-order valence-corrected chi connectivity index (χ3v) is 4.96. The predicted octanol–water partition coefficient (Wildman–Crippen LogP) is 0.744. The minimum absolute atomic E-state index is 0.00913. The molecular weight excluding hydrogens is 352 g/mol. The summed E-state index contributed by atoms with van der Waals surface area (Å²) in [4.78, 5) is 25.4. The van der Waals surface area contributed by atoms with Crippen molar-refractivity contribution in [1.82, 2.24) is 4.90 Å². The number of aliphatic hydroxyl groups is 1. The zero-order valence-corrected chi connectivity index (χ0v) is 15.8. The molecule has 2 aliphatic heterocycles. The molecule has 8 nitrogen and oxygen atoms in total. The average molecular weight is 378 g/mol. The quantitative estimate of drug-likeness (QED) is 0.758. The lowest BCUT2D eigenvalue weighted by Gasteiger charge is -2.37. The summed E-state index contributed by atoms with van der Waals surface area (Å²) in [6, 6.07) is 5.47. The normalized spacial score (nSPS) is 25.9. The number of amides is 2. The highest BCUT2D eigenvalue weighted by molar-refractivity contribution is 5.91. The predicted molar refractivity (Wildman–Crippen MR) is 97.8 cm³/mol. The first kappa shape index (κ1) is 19.6. The number of hydrogen-bond acceptors (Lipinski definition) is 6. The second kappa shape index (κ2) is 8.24. The maximum absolute atomic E-state index is 12.1. The first-order valence-corrected chi connectivity index (χ1v) is 8.98. The van der Waals surface area contributed by atoms with E-state index in [1.54, 1.807) is 20.2 Å². The molecule has 0 bridgehead atoms. The summed E-state index contributed by atoms with van der Waals surface area (Å²) in [5, 5.41) is 12.5. The van der Waals surface area contributed by atoms with Gasteiger partial charge < -0.3 is 29.5 Å². The molecule has 2 N–H and O–H groups in total.